The van der Waals surface area contributed by atoms with Crippen molar-refractivity contribution in [2.75, 3.05) is 44.6 Å². The number of benzene rings is 1. The van der Waals surface area contributed by atoms with Crippen molar-refractivity contribution in [3.05, 3.63) is 29.3 Å². The first-order chi connectivity index (χ1) is 13.9. The average molecular weight is 401 g/mol. The van der Waals surface area contributed by atoms with Crippen LogP contribution in [0.5, 0.6) is 0 Å². The van der Waals surface area contributed by atoms with Crippen molar-refractivity contribution in [3.8, 4) is 0 Å². The molecule has 160 valence electrons. The van der Waals surface area contributed by atoms with Gasteiger partial charge in [0.15, 0.2) is 0 Å². The molecular weight excluding hydrogens is 364 g/mol. The van der Waals surface area contributed by atoms with Crippen LogP contribution in [-0.4, -0.2) is 61.0 Å². The van der Waals surface area contributed by atoms with E-state index in [-0.39, 0.29) is 12.5 Å². The fourth-order valence-corrected chi connectivity index (χ4v) is 4.46. The minimum Gasteiger partial charge on any atom is -0.307 e. The molecule has 0 aliphatic carbocycles. The number of urea groups is 1. The van der Waals surface area contributed by atoms with Gasteiger partial charge in [-0.1, -0.05) is 19.1 Å². The number of anilines is 1. The molecule has 0 bridgehead atoms. The standard InChI is InChI=1S/C23H36N4O2/c1-17-9-12-26(13-10-17)14-20-7-5-11-27(15-20)16-22(28)25-23(29)24-21-8-4-6-18(2)19(21)3/h4,6,8,17,20H,5,7,9-16H2,1-3H3,(H2,24,25,28,29). The van der Waals surface area contributed by atoms with Crippen LogP contribution < -0.4 is 10.6 Å². The number of rotatable bonds is 5. The Morgan fingerprint density at radius 1 is 1.07 bits per heavy atom. The van der Waals surface area contributed by atoms with Crippen molar-refractivity contribution in [1.29, 1.82) is 0 Å². The number of hydrogen-bond acceptors (Lipinski definition) is 4. The van der Waals surface area contributed by atoms with E-state index < -0.39 is 6.03 Å². The molecule has 2 aliphatic rings. The number of carbonyl (C=O) groups excluding carboxylic acids is 2. The van der Waals surface area contributed by atoms with Crippen molar-refractivity contribution in [2.24, 2.45) is 11.8 Å². The number of nitrogens with one attached hydrogen (secondary N) is 2. The molecule has 0 saturated carbocycles. The van der Waals surface area contributed by atoms with E-state index >= 15 is 0 Å². The third-order valence-corrected chi connectivity index (χ3v) is 6.47. The molecule has 1 atom stereocenters. The lowest BCUT2D eigenvalue weighted by molar-refractivity contribution is -0.121. The molecule has 1 aromatic carbocycles. The van der Waals surface area contributed by atoms with Gasteiger partial charge in [0.05, 0.1) is 6.54 Å². The Labute approximate surface area is 175 Å². The largest absolute Gasteiger partial charge is 0.325 e. The number of amides is 3. The Hall–Kier alpha value is -1.92. The second-order valence-corrected chi connectivity index (χ2v) is 8.98. The van der Waals surface area contributed by atoms with Crippen LogP contribution in [0.15, 0.2) is 18.2 Å². The van der Waals surface area contributed by atoms with Gasteiger partial charge >= 0.3 is 6.03 Å². The van der Waals surface area contributed by atoms with E-state index in [1.165, 1.54) is 32.4 Å². The van der Waals surface area contributed by atoms with Gasteiger partial charge < -0.3 is 10.2 Å². The third-order valence-electron chi connectivity index (χ3n) is 6.47. The van der Waals surface area contributed by atoms with Gasteiger partial charge in [0, 0.05) is 18.8 Å². The van der Waals surface area contributed by atoms with E-state index in [9.17, 15) is 9.59 Å². The van der Waals surface area contributed by atoms with Gasteiger partial charge in [-0.15, -0.1) is 0 Å². The van der Waals surface area contributed by atoms with Crippen LogP contribution >= 0.6 is 0 Å². The third kappa shape index (κ3) is 6.54. The molecule has 3 amide bonds. The Morgan fingerprint density at radius 3 is 2.59 bits per heavy atom. The zero-order valence-electron chi connectivity index (χ0n) is 18.2. The molecular formula is C23H36N4O2. The van der Waals surface area contributed by atoms with Crippen LogP contribution in [0.25, 0.3) is 0 Å². The molecule has 3 rings (SSSR count). The fourth-order valence-electron chi connectivity index (χ4n) is 4.46. The number of likely N-dealkylation sites (tertiary alicyclic amines) is 2. The summed E-state index contributed by atoms with van der Waals surface area (Å²) < 4.78 is 0. The number of piperidine rings is 2. The second-order valence-electron chi connectivity index (χ2n) is 8.98. The maximum atomic E-state index is 12.4. The monoisotopic (exact) mass is 400 g/mol. The van der Waals surface area contributed by atoms with Crippen LogP contribution in [0.2, 0.25) is 0 Å². The highest BCUT2D eigenvalue weighted by Crippen LogP contribution is 2.22. The van der Waals surface area contributed by atoms with Crippen molar-refractivity contribution < 1.29 is 9.59 Å². The van der Waals surface area contributed by atoms with Gasteiger partial charge in [0.25, 0.3) is 0 Å². The molecule has 6 nitrogen and oxygen atoms in total. The molecule has 0 radical (unpaired) electrons. The second kappa shape index (κ2) is 10.2. The minimum atomic E-state index is -0.459. The fraction of sp³-hybridized carbons (Fsp3) is 0.652. The number of aryl methyl sites for hydroxylation is 1. The summed E-state index contributed by atoms with van der Waals surface area (Å²) in [5.41, 5.74) is 2.86. The molecule has 2 fully saturated rings. The summed E-state index contributed by atoms with van der Waals surface area (Å²) in [4.78, 5) is 29.4. The molecule has 1 aromatic rings. The highest BCUT2D eigenvalue weighted by atomic mass is 16.2. The van der Waals surface area contributed by atoms with Crippen molar-refractivity contribution >= 4 is 17.6 Å². The molecule has 1 unspecified atom stereocenters. The number of carbonyl (C=O) groups is 2. The molecule has 0 spiro atoms. The minimum absolute atomic E-state index is 0.236. The van der Waals surface area contributed by atoms with Crippen molar-refractivity contribution in [3.63, 3.8) is 0 Å². The molecule has 2 aliphatic heterocycles. The van der Waals surface area contributed by atoms with Crippen LogP contribution in [0.4, 0.5) is 10.5 Å². The highest BCUT2D eigenvalue weighted by molar-refractivity contribution is 6.02. The Balaban J connectivity index is 1.42. The first-order valence-electron chi connectivity index (χ1n) is 11.0. The maximum absolute atomic E-state index is 12.4. The lowest BCUT2D eigenvalue weighted by Gasteiger charge is -2.37. The summed E-state index contributed by atoms with van der Waals surface area (Å²) in [6.07, 6.45) is 4.96. The van der Waals surface area contributed by atoms with Crippen molar-refractivity contribution in [2.45, 2.75) is 46.5 Å². The van der Waals surface area contributed by atoms with Gasteiger partial charge in [0.2, 0.25) is 5.91 Å². The first-order valence-corrected chi connectivity index (χ1v) is 11.0. The normalized spacial score (nSPS) is 21.7. The van der Waals surface area contributed by atoms with Crippen LogP contribution in [-0.2, 0) is 4.79 Å². The maximum Gasteiger partial charge on any atom is 0.325 e. The number of hydrogen-bond donors (Lipinski definition) is 2. The molecule has 29 heavy (non-hydrogen) atoms. The number of imide groups is 1. The van der Waals surface area contributed by atoms with E-state index in [1.54, 1.807) is 0 Å². The molecule has 2 saturated heterocycles. The predicted molar refractivity (Wildman–Crippen MR) is 117 cm³/mol. The summed E-state index contributed by atoms with van der Waals surface area (Å²) in [5.74, 6) is 1.24. The average Bonchev–Trinajstić information content (AvgIpc) is 2.67. The van der Waals surface area contributed by atoms with Gasteiger partial charge in [-0.05, 0) is 88.2 Å². The topological polar surface area (TPSA) is 64.7 Å². The molecule has 0 aromatic heterocycles. The summed E-state index contributed by atoms with van der Waals surface area (Å²) in [6.45, 7) is 12.0. The van der Waals surface area contributed by atoms with Crippen LogP contribution in [0.3, 0.4) is 0 Å². The number of nitrogens with zero attached hydrogens (tertiary/aromatic N) is 2. The zero-order chi connectivity index (χ0) is 20.8. The van der Waals surface area contributed by atoms with E-state index in [2.05, 4.69) is 27.4 Å². The molecule has 2 N–H and O–H groups in total. The van der Waals surface area contributed by atoms with Gasteiger partial charge in [0.1, 0.15) is 0 Å². The van der Waals surface area contributed by atoms with Crippen LogP contribution in [0, 0.1) is 25.7 Å². The molecule has 6 heteroatoms. The predicted octanol–water partition coefficient (Wildman–Crippen LogP) is 3.40. The quantitative estimate of drug-likeness (QED) is 0.795. The lowest BCUT2D eigenvalue weighted by atomic mass is 9.94. The SMILES string of the molecule is Cc1cccc(NC(=O)NC(=O)CN2CCCC(CN3CCC(C)CC3)C2)c1C. The van der Waals surface area contributed by atoms with E-state index in [4.69, 9.17) is 0 Å². The van der Waals surface area contributed by atoms with Gasteiger partial charge in [-0.2, -0.15) is 0 Å². The Morgan fingerprint density at radius 2 is 1.83 bits per heavy atom. The van der Waals surface area contributed by atoms with Gasteiger partial charge in [-0.3, -0.25) is 15.0 Å². The first kappa shape index (κ1) is 21.8. The Kier molecular flexibility index (Phi) is 7.67. The van der Waals surface area contributed by atoms with E-state index in [0.717, 1.165) is 48.8 Å². The summed E-state index contributed by atoms with van der Waals surface area (Å²) in [6, 6.07) is 5.29. The summed E-state index contributed by atoms with van der Waals surface area (Å²) in [5, 5.41) is 5.27. The van der Waals surface area contributed by atoms with E-state index in [1.807, 2.05) is 32.0 Å². The molecule has 2 heterocycles. The van der Waals surface area contributed by atoms with E-state index in [0.29, 0.717) is 5.92 Å². The smallest absolute Gasteiger partial charge is 0.307 e. The summed E-state index contributed by atoms with van der Waals surface area (Å²) >= 11 is 0. The highest BCUT2D eigenvalue weighted by Gasteiger charge is 2.25. The summed E-state index contributed by atoms with van der Waals surface area (Å²) in [7, 11) is 0. The van der Waals surface area contributed by atoms with Gasteiger partial charge in [-0.25, -0.2) is 4.79 Å². The van der Waals surface area contributed by atoms with Crippen LogP contribution in [0.1, 0.15) is 43.7 Å². The zero-order valence-corrected chi connectivity index (χ0v) is 18.2. The van der Waals surface area contributed by atoms with Crippen molar-refractivity contribution in [1.82, 2.24) is 15.1 Å². The Bertz CT molecular complexity index is 713. The lowest BCUT2D eigenvalue weighted by Crippen LogP contribution is -2.47.